The first kappa shape index (κ1) is 14.2. The molecule has 1 heterocycles. The smallest absolute Gasteiger partial charge is 0.134 e. The fourth-order valence-corrected chi connectivity index (χ4v) is 3.05. The summed E-state index contributed by atoms with van der Waals surface area (Å²) in [6, 6.07) is 8.96. The van der Waals surface area contributed by atoms with Crippen molar-refractivity contribution in [2.24, 2.45) is 0 Å². The Kier molecular flexibility index (Phi) is 5.05. The maximum atomic E-state index is 4.33. The lowest BCUT2D eigenvalue weighted by Gasteiger charge is -2.10. The zero-order valence-electron chi connectivity index (χ0n) is 11.8. The molecule has 0 aliphatic heterocycles. The quantitative estimate of drug-likeness (QED) is 0.877. The van der Waals surface area contributed by atoms with Crippen LogP contribution in [0, 0.1) is 6.92 Å². The summed E-state index contributed by atoms with van der Waals surface area (Å²) in [4.78, 5) is 0. The van der Waals surface area contributed by atoms with Crippen molar-refractivity contribution < 1.29 is 0 Å². The predicted molar refractivity (Wildman–Crippen MR) is 80.6 cm³/mol. The minimum atomic E-state index is 0.342. The second-order valence-corrected chi connectivity index (χ2v) is 5.81. The van der Waals surface area contributed by atoms with Crippen LogP contribution in [-0.4, -0.2) is 16.7 Å². The number of benzene rings is 1. The molecular weight excluding hydrogens is 254 g/mol. The van der Waals surface area contributed by atoms with Gasteiger partial charge in [-0.05, 0) is 25.5 Å². The van der Waals surface area contributed by atoms with Crippen LogP contribution >= 0.6 is 11.3 Å². The third-order valence-corrected chi connectivity index (χ3v) is 4.15. The highest BCUT2D eigenvalue weighted by Crippen LogP contribution is 2.22. The molecule has 0 aliphatic rings. The van der Waals surface area contributed by atoms with Gasteiger partial charge < -0.3 is 5.32 Å². The number of aromatic nitrogens is 2. The molecule has 0 saturated carbocycles. The molecule has 2 aromatic rings. The topological polar surface area (TPSA) is 37.8 Å². The van der Waals surface area contributed by atoms with Crippen LogP contribution < -0.4 is 5.32 Å². The number of nitrogens with zero attached hydrogens (tertiary/aromatic N) is 2. The van der Waals surface area contributed by atoms with Crippen molar-refractivity contribution in [2.75, 3.05) is 6.54 Å². The lowest BCUT2D eigenvalue weighted by atomic mass is 10.1. The van der Waals surface area contributed by atoms with Crippen molar-refractivity contribution in [3.8, 4) is 0 Å². The van der Waals surface area contributed by atoms with E-state index in [2.05, 4.69) is 60.6 Å². The van der Waals surface area contributed by atoms with Gasteiger partial charge in [0.05, 0.1) is 6.04 Å². The molecule has 0 radical (unpaired) electrons. The van der Waals surface area contributed by atoms with Crippen molar-refractivity contribution in [1.29, 1.82) is 0 Å². The molecule has 0 fully saturated rings. The summed E-state index contributed by atoms with van der Waals surface area (Å²) in [6.45, 7) is 7.37. The average Bonchev–Trinajstić information content (AvgIpc) is 2.87. The second kappa shape index (κ2) is 6.78. The molecule has 102 valence electrons. The number of hydrogen-bond donors (Lipinski definition) is 1. The summed E-state index contributed by atoms with van der Waals surface area (Å²) in [5, 5.41) is 14.3. The second-order valence-electron chi connectivity index (χ2n) is 4.71. The average molecular weight is 275 g/mol. The Labute approximate surface area is 119 Å². The van der Waals surface area contributed by atoms with Crippen molar-refractivity contribution in [1.82, 2.24) is 15.5 Å². The third-order valence-electron chi connectivity index (χ3n) is 3.12. The van der Waals surface area contributed by atoms with E-state index < -0.39 is 0 Å². The first-order valence-corrected chi connectivity index (χ1v) is 7.65. The van der Waals surface area contributed by atoms with Gasteiger partial charge in [0.15, 0.2) is 0 Å². The van der Waals surface area contributed by atoms with Gasteiger partial charge in [-0.2, -0.15) is 0 Å². The van der Waals surface area contributed by atoms with Crippen molar-refractivity contribution in [3.05, 3.63) is 45.4 Å². The van der Waals surface area contributed by atoms with E-state index in [4.69, 9.17) is 0 Å². The standard InChI is InChI=1S/C15H21N3S/c1-4-13(16-5-2)15-18-17-14(19-15)10-12-8-6-11(3)7-9-12/h6-9,13,16H,4-5,10H2,1-3H3. The summed E-state index contributed by atoms with van der Waals surface area (Å²) < 4.78 is 0. The predicted octanol–water partition coefficient (Wildman–Crippen LogP) is 3.50. The fourth-order valence-electron chi connectivity index (χ4n) is 2.01. The molecule has 1 aromatic carbocycles. The number of hydrogen-bond acceptors (Lipinski definition) is 4. The van der Waals surface area contributed by atoms with Gasteiger partial charge in [0.1, 0.15) is 10.0 Å². The van der Waals surface area contributed by atoms with Crippen molar-refractivity contribution in [3.63, 3.8) is 0 Å². The maximum absolute atomic E-state index is 4.33. The summed E-state index contributed by atoms with van der Waals surface area (Å²) >= 11 is 1.72. The van der Waals surface area contributed by atoms with E-state index in [-0.39, 0.29) is 0 Å². The molecule has 4 heteroatoms. The molecular formula is C15H21N3S. The Morgan fingerprint density at radius 2 is 1.89 bits per heavy atom. The van der Waals surface area contributed by atoms with Crippen molar-refractivity contribution in [2.45, 2.75) is 39.7 Å². The number of nitrogens with one attached hydrogen (secondary N) is 1. The highest BCUT2D eigenvalue weighted by molar-refractivity contribution is 7.11. The lowest BCUT2D eigenvalue weighted by molar-refractivity contribution is 0.531. The first-order valence-electron chi connectivity index (χ1n) is 6.84. The molecule has 1 N–H and O–H groups in total. The van der Waals surface area contributed by atoms with Gasteiger partial charge in [0, 0.05) is 6.42 Å². The molecule has 3 nitrogen and oxygen atoms in total. The highest BCUT2D eigenvalue weighted by atomic mass is 32.1. The van der Waals surface area contributed by atoms with E-state index in [0.717, 1.165) is 29.4 Å². The van der Waals surface area contributed by atoms with E-state index in [9.17, 15) is 0 Å². The highest BCUT2D eigenvalue weighted by Gasteiger charge is 2.13. The number of aryl methyl sites for hydroxylation is 1. The van der Waals surface area contributed by atoms with Gasteiger partial charge in [0.2, 0.25) is 0 Å². The normalized spacial score (nSPS) is 12.6. The minimum Gasteiger partial charge on any atom is -0.308 e. The monoisotopic (exact) mass is 275 g/mol. The Morgan fingerprint density at radius 3 is 2.53 bits per heavy atom. The van der Waals surface area contributed by atoms with E-state index in [1.807, 2.05) is 0 Å². The van der Waals surface area contributed by atoms with Gasteiger partial charge in [-0.3, -0.25) is 0 Å². The van der Waals surface area contributed by atoms with Crippen molar-refractivity contribution >= 4 is 11.3 Å². The van der Waals surface area contributed by atoms with Gasteiger partial charge in [0.25, 0.3) is 0 Å². The first-order chi connectivity index (χ1) is 9.22. The Morgan fingerprint density at radius 1 is 1.16 bits per heavy atom. The van der Waals surface area contributed by atoms with Crippen LogP contribution in [0.5, 0.6) is 0 Å². The number of rotatable bonds is 6. The Hall–Kier alpha value is -1.26. The zero-order valence-corrected chi connectivity index (χ0v) is 12.6. The molecule has 0 amide bonds. The van der Waals surface area contributed by atoms with Crippen LogP contribution in [0.3, 0.4) is 0 Å². The van der Waals surface area contributed by atoms with Gasteiger partial charge in [-0.1, -0.05) is 55.0 Å². The van der Waals surface area contributed by atoms with Crippen LogP contribution in [0.25, 0.3) is 0 Å². The SMILES string of the molecule is CCNC(CC)c1nnc(Cc2ccc(C)cc2)s1. The third kappa shape index (κ3) is 3.85. The molecule has 1 aromatic heterocycles. The summed E-state index contributed by atoms with van der Waals surface area (Å²) in [5.74, 6) is 0. The lowest BCUT2D eigenvalue weighted by Crippen LogP contribution is -2.19. The molecule has 0 saturated heterocycles. The summed E-state index contributed by atoms with van der Waals surface area (Å²) in [7, 11) is 0. The van der Waals surface area contributed by atoms with Crippen LogP contribution in [0.1, 0.15) is 47.5 Å². The van der Waals surface area contributed by atoms with Crippen LogP contribution in [-0.2, 0) is 6.42 Å². The van der Waals surface area contributed by atoms with Crippen LogP contribution in [0.15, 0.2) is 24.3 Å². The van der Waals surface area contributed by atoms with Gasteiger partial charge in [-0.15, -0.1) is 10.2 Å². The van der Waals surface area contributed by atoms with E-state index in [1.165, 1.54) is 11.1 Å². The van der Waals surface area contributed by atoms with Crippen LogP contribution in [0.4, 0.5) is 0 Å². The molecule has 1 unspecified atom stereocenters. The Bertz CT molecular complexity index is 504. The Balaban J connectivity index is 2.06. The fraction of sp³-hybridized carbons (Fsp3) is 0.467. The zero-order chi connectivity index (χ0) is 13.7. The minimum absolute atomic E-state index is 0.342. The molecule has 19 heavy (non-hydrogen) atoms. The van der Waals surface area contributed by atoms with Gasteiger partial charge in [-0.25, -0.2) is 0 Å². The summed E-state index contributed by atoms with van der Waals surface area (Å²) in [5.41, 5.74) is 2.59. The van der Waals surface area contributed by atoms with Crippen LogP contribution in [0.2, 0.25) is 0 Å². The largest absolute Gasteiger partial charge is 0.308 e. The molecule has 1 atom stereocenters. The molecule has 0 bridgehead atoms. The van der Waals surface area contributed by atoms with E-state index in [1.54, 1.807) is 11.3 Å². The molecule has 0 spiro atoms. The molecule has 0 aliphatic carbocycles. The van der Waals surface area contributed by atoms with E-state index >= 15 is 0 Å². The van der Waals surface area contributed by atoms with Gasteiger partial charge >= 0.3 is 0 Å². The molecule has 2 rings (SSSR count). The summed E-state index contributed by atoms with van der Waals surface area (Å²) in [6.07, 6.45) is 1.92. The van der Waals surface area contributed by atoms with E-state index in [0.29, 0.717) is 6.04 Å². The maximum Gasteiger partial charge on any atom is 0.134 e.